The largest absolute Gasteiger partial charge is 0.449 e. The van der Waals surface area contributed by atoms with Crippen molar-refractivity contribution in [2.75, 3.05) is 5.73 Å². The lowest BCUT2D eigenvalue weighted by Gasteiger charge is -2.08. The van der Waals surface area contributed by atoms with E-state index in [-0.39, 0.29) is 17.3 Å². The van der Waals surface area contributed by atoms with E-state index in [1.165, 1.54) is 24.4 Å². The standard InChI is InChI=1S/C19H15ClN4O4/c1-12-8-18(21)23(19(25)9-12)22-11-13-6-7-17(15(10-13)24(26)27)28-16-5-3-2-4-14(16)20/h2-11H,21H2,1H3/b22-11-. The first-order valence-corrected chi connectivity index (χ1v) is 8.47. The van der Waals surface area contributed by atoms with Gasteiger partial charge in [0.25, 0.3) is 5.56 Å². The first-order valence-electron chi connectivity index (χ1n) is 8.09. The van der Waals surface area contributed by atoms with Crippen LogP contribution in [0.2, 0.25) is 5.02 Å². The summed E-state index contributed by atoms with van der Waals surface area (Å²) in [5, 5.41) is 15.8. The zero-order valence-corrected chi connectivity index (χ0v) is 15.5. The predicted octanol–water partition coefficient (Wildman–Crippen LogP) is 3.98. The molecular formula is C19H15ClN4O4. The van der Waals surface area contributed by atoms with Crippen LogP contribution in [0.15, 0.2) is 64.5 Å². The zero-order chi connectivity index (χ0) is 20.3. The number of hydrogen-bond acceptors (Lipinski definition) is 6. The lowest BCUT2D eigenvalue weighted by Crippen LogP contribution is -2.19. The van der Waals surface area contributed by atoms with Crippen molar-refractivity contribution >= 4 is 29.3 Å². The molecule has 1 heterocycles. The van der Waals surface area contributed by atoms with Crippen LogP contribution in [-0.4, -0.2) is 15.8 Å². The Bertz CT molecular complexity index is 1140. The highest BCUT2D eigenvalue weighted by Crippen LogP contribution is 2.35. The van der Waals surface area contributed by atoms with E-state index >= 15 is 0 Å². The van der Waals surface area contributed by atoms with Crippen LogP contribution >= 0.6 is 11.6 Å². The zero-order valence-electron chi connectivity index (χ0n) is 14.7. The van der Waals surface area contributed by atoms with Crippen LogP contribution in [0.5, 0.6) is 11.5 Å². The fourth-order valence-electron chi connectivity index (χ4n) is 2.46. The molecule has 3 aromatic rings. The monoisotopic (exact) mass is 398 g/mol. The Hall–Kier alpha value is -3.65. The molecule has 2 aromatic carbocycles. The molecular weight excluding hydrogens is 384 g/mol. The van der Waals surface area contributed by atoms with E-state index < -0.39 is 10.5 Å². The number of para-hydroxylation sites is 1. The van der Waals surface area contributed by atoms with E-state index in [1.807, 2.05) is 0 Å². The third kappa shape index (κ3) is 4.18. The second-order valence-corrected chi connectivity index (χ2v) is 6.28. The normalized spacial score (nSPS) is 10.9. The Balaban J connectivity index is 1.94. The number of nitrogens with two attached hydrogens (primary N) is 1. The van der Waals surface area contributed by atoms with Crippen molar-refractivity contribution in [2.24, 2.45) is 5.10 Å². The number of nitro benzene ring substituents is 1. The van der Waals surface area contributed by atoms with Crippen LogP contribution in [-0.2, 0) is 0 Å². The molecule has 0 aliphatic heterocycles. The molecule has 142 valence electrons. The highest BCUT2D eigenvalue weighted by atomic mass is 35.5. The topological polar surface area (TPSA) is 113 Å². The van der Waals surface area contributed by atoms with Crippen LogP contribution in [0.1, 0.15) is 11.1 Å². The van der Waals surface area contributed by atoms with Gasteiger partial charge in [-0.15, -0.1) is 0 Å². The molecule has 0 saturated heterocycles. The number of anilines is 1. The van der Waals surface area contributed by atoms with Gasteiger partial charge in [-0.1, -0.05) is 23.7 Å². The average molecular weight is 399 g/mol. The van der Waals surface area contributed by atoms with E-state index in [0.29, 0.717) is 21.9 Å². The first kappa shape index (κ1) is 19.1. The minimum atomic E-state index is -0.573. The van der Waals surface area contributed by atoms with Crippen molar-refractivity contribution in [1.82, 2.24) is 4.68 Å². The molecule has 0 aliphatic carbocycles. The van der Waals surface area contributed by atoms with Gasteiger partial charge in [0.2, 0.25) is 5.75 Å². The minimum absolute atomic E-state index is 0.0299. The molecule has 0 fully saturated rings. The number of halogens is 1. The summed E-state index contributed by atoms with van der Waals surface area (Å²) in [5.74, 6) is 0.490. The number of pyridine rings is 1. The van der Waals surface area contributed by atoms with Gasteiger partial charge in [0.15, 0.2) is 0 Å². The highest BCUT2D eigenvalue weighted by molar-refractivity contribution is 6.32. The minimum Gasteiger partial charge on any atom is -0.449 e. The Morgan fingerprint density at radius 2 is 1.93 bits per heavy atom. The van der Waals surface area contributed by atoms with Crippen molar-refractivity contribution in [3.63, 3.8) is 0 Å². The Morgan fingerprint density at radius 1 is 1.18 bits per heavy atom. The summed E-state index contributed by atoms with van der Waals surface area (Å²) in [4.78, 5) is 22.8. The van der Waals surface area contributed by atoms with Gasteiger partial charge in [-0.05, 0) is 42.8 Å². The molecule has 0 amide bonds. The number of rotatable bonds is 5. The van der Waals surface area contributed by atoms with E-state index in [9.17, 15) is 14.9 Å². The molecule has 3 rings (SSSR count). The van der Waals surface area contributed by atoms with Crippen molar-refractivity contribution in [2.45, 2.75) is 6.92 Å². The average Bonchev–Trinajstić information content (AvgIpc) is 2.63. The van der Waals surface area contributed by atoms with Crippen LogP contribution in [0.4, 0.5) is 11.5 Å². The fourth-order valence-corrected chi connectivity index (χ4v) is 2.63. The van der Waals surface area contributed by atoms with E-state index in [4.69, 9.17) is 22.1 Å². The quantitative estimate of drug-likeness (QED) is 0.397. The van der Waals surface area contributed by atoms with Crippen LogP contribution in [0.25, 0.3) is 0 Å². The number of hydrogen-bond donors (Lipinski definition) is 1. The van der Waals surface area contributed by atoms with Crippen molar-refractivity contribution in [3.8, 4) is 11.5 Å². The summed E-state index contributed by atoms with van der Waals surface area (Å²) in [6, 6.07) is 13.9. The van der Waals surface area contributed by atoms with Gasteiger partial charge in [0, 0.05) is 17.7 Å². The molecule has 0 saturated carbocycles. The molecule has 28 heavy (non-hydrogen) atoms. The van der Waals surface area contributed by atoms with Gasteiger partial charge in [-0.25, -0.2) is 0 Å². The van der Waals surface area contributed by atoms with Gasteiger partial charge < -0.3 is 10.5 Å². The van der Waals surface area contributed by atoms with E-state index in [1.54, 1.807) is 43.3 Å². The summed E-state index contributed by atoms with van der Waals surface area (Å²) >= 11 is 6.04. The molecule has 0 aliphatic rings. The van der Waals surface area contributed by atoms with Crippen molar-refractivity contribution in [3.05, 3.63) is 91.2 Å². The maximum absolute atomic E-state index is 12.0. The second-order valence-electron chi connectivity index (χ2n) is 5.87. The third-order valence-corrected chi connectivity index (χ3v) is 4.05. The maximum atomic E-state index is 12.0. The molecule has 1 aromatic heterocycles. The Kier molecular flexibility index (Phi) is 5.42. The van der Waals surface area contributed by atoms with Gasteiger partial charge in [-0.3, -0.25) is 14.9 Å². The molecule has 8 nitrogen and oxygen atoms in total. The van der Waals surface area contributed by atoms with Gasteiger partial charge >= 0.3 is 5.69 Å². The predicted molar refractivity (Wildman–Crippen MR) is 107 cm³/mol. The number of nitro groups is 1. The Morgan fingerprint density at radius 3 is 2.61 bits per heavy atom. The number of benzene rings is 2. The van der Waals surface area contributed by atoms with E-state index in [0.717, 1.165) is 4.68 Å². The molecule has 0 bridgehead atoms. The first-order chi connectivity index (χ1) is 13.3. The summed E-state index contributed by atoms with van der Waals surface area (Å²) in [6.07, 6.45) is 1.30. The second kappa shape index (κ2) is 7.93. The summed E-state index contributed by atoms with van der Waals surface area (Å²) in [7, 11) is 0. The number of nitrogen functional groups attached to an aromatic ring is 1. The molecule has 0 unspecified atom stereocenters. The smallest absolute Gasteiger partial charge is 0.312 e. The maximum Gasteiger partial charge on any atom is 0.312 e. The van der Waals surface area contributed by atoms with Gasteiger partial charge in [0.1, 0.15) is 11.6 Å². The number of ether oxygens (including phenoxy) is 1. The fraction of sp³-hybridized carbons (Fsp3) is 0.0526. The third-order valence-electron chi connectivity index (χ3n) is 3.74. The van der Waals surface area contributed by atoms with Crippen molar-refractivity contribution < 1.29 is 9.66 Å². The number of nitrogens with zero attached hydrogens (tertiary/aromatic N) is 3. The molecule has 2 N–H and O–H groups in total. The SMILES string of the molecule is Cc1cc(N)n(/N=C\c2ccc(Oc3ccccc3Cl)c([N+](=O)[O-])c2)c(=O)c1. The van der Waals surface area contributed by atoms with Crippen LogP contribution in [0.3, 0.4) is 0 Å². The lowest BCUT2D eigenvalue weighted by atomic mass is 10.2. The van der Waals surface area contributed by atoms with Crippen molar-refractivity contribution in [1.29, 1.82) is 0 Å². The highest BCUT2D eigenvalue weighted by Gasteiger charge is 2.17. The van der Waals surface area contributed by atoms with Gasteiger partial charge in [0.05, 0.1) is 16.2 Å². The van der Waals surface area contributed by atoms with Crippen LogP contribution < -0.4 is 16.0 Å². The number of aromatic nitrogens is 1. The molecule has 0 radical (unpaired) electrons. The lowest BCUT2D eigenvalue weighted by molar-refractivity contribution is -0.385. The summed E-state index contributed by atoms with van der Waals surface area (Å²) in [6.45, 7) is 1.74. The van der Waals surface area contributed by atoms with Crippen LogP contribution in [0, 0.1) is 17.0 Å². The number of aryl methyl sites for hydroxylation is 1. The Labute approximate surface area is 164 Å². The summed E-state index contributed by atoms with van der Waals surface area (Å²) in [5.41, 5.74) is 6.23. The summed E-state index contributed by atoms with van der Waals surface area (Å²) < 4.78 is 6.58. The molecule has 0 atom stereocenters. The molecule has 0 spiro atoms. The molecule has 9 heteroatoms. The van der Waals surface area contributed by atoms with E-state index in [2.05, 4.69) is 5.10 Å². The van der Waals surface area contributed by atoms with Gasteiger partial charge in [-0.2, -0.15) is 9.78 Å².